The maximum atomic E-state index is 8.18. The summed E-state index contributed by atoms with van der Waals surface area (Å²) in [5, 5.41) is 7.91. The molecular formula is C6H11ClNNa. The van der Waals surface area contributed by atoms with Gasteiger partial charge in [-0.3, -0.25) is 0 Å². The van der Waals surface area contributed by atoms with Gasteiger partial charge in [-0.1, -0.05) is 19.8 Å². The average molecular weight is 156 g/mol. The van der Waals surface area contributed by atoms with Crippen LogP contribution in [0.3, 0.4) is 0 Å². The first kappa shape index (κ1) is 12.5. The fourth-order valence-corrected chi connectivity index (χ4v) is 0.602. The van der Waals surface area contributed by atoms with Crippen molar-refractivity contribution in [3.05, 3.63) is 0 Å². The van der Waals surface area contributed by atoms with Crippen molar-refractivity contribution in [2.24, 2.45) is 0 Å². The summed E-state index contributed by atoms with van der Waals surface area (Å²) in [5.41, 5.74) is 0. The van der Waals surface area contributed by atoms with Crippen LogP contribution in [0, 0.1) is 11.3 Å². The Kier molecular flexibility index (Phi) is 12.2. The molecule has 0 saturated heterocycles. The standard InChI is InChI=1S/C6H10ClN.Na.H/c1-2-3-4-6(7)5-8;;/h6H,2-4H2,1H3;;. The van der Waals surface area contributed by atoms with Crippen molar-refractivity contribution in [3.63, 3.8) is 0 Å². The fourth-order valence-electron chi connectivity index (χ4n) is 0.448. The predicted octanol–water partition coefficient (Wildman–Crippen LogP) is 1.66. The summed E-state index contributed by atoms with van der Waals surface area (Å²) < 4.78 is 0. The van der Waals surface area contributed by atoms with E-state index in [9.17, 15) is 0 Å². The molecule has 0 aliphatic rings. The van der Waals surface area contributed by atoms with Crippen molar-refractivity contribution in [2.45, 2.75) is 31.6 Å². The summed E-state index contributed by atoms with van der Waals surface area (Å²) in [4.78, 5) is 0. The second-order valence-corrected chi connectivity index (χ2v) is 2.27. The maximum absolute atomic E-state index is 8.18. The normalized spacial score (nSPS) is 11.2. The van der Waals surface area contributed by atoms with Gasteiger partial charge in [0.15, 0.2) is 0 Å². The topological polar surface area (TPSA) is 23.8 Å². The molecule has 1 unspecified atom stereocenters. The molecule has 3 heteroatoms. The van der Waals surface area contributed by atoms with Crippen LogP contribution in [0.1, 0.15) is 26.2 Å². The zero-order chi connectivity index (χ0) is 6.41. The molecule has 48 valence electrons. The zero-order valence-electron chi connectivity index (χ0n) is 5.02. The molecule has 1 atom stereocenters. The molecule has 0 aliphatic carbocycles. The van der Waals surface area contributed by atoms with Crippen molar-refractivity contribution in [3.8, 4) is 6.07 Å². The van der Waals surface area contributed by atoms with Crippen LogP contribution in [0.5, 0.6) is 0 Å². The number of halogens is 1. The van der Waals surface area contributed by atoms with Crippen LogP contribution < -0.4 is 0 Å². The van der Waals surface area contributed by atoms with E-state index in [2.05, 4.69) is 6.92 Å². The fraction of sp³-hybridized carbons (Fsp3) is 0.833. The van der Waals surface area contributed by atoms with E-state index in [0.29, 0.717) is 0 Å². The van der Waals surface area contributed by atoms with Crippen LogP contribution >= 0.6 is 11.6 Å². The van der Waals surface area contributed by atoms with Gasteiger partial charge in [-0.2, -0.15) is 5.26 Å². The molecule has 0 aromatic carbocycles. The summed E-state index contributed by atoms with van der Waals surface area (Å²) in [7, 11) is 0. The van der Waals surface area contributed by atoms with E-state index < -0.39 is 0 Å². The number of alkyl halides is 1. The van der Waals surface area contributed by atoms with Crippen molar-refractivity contribution >= 4 is 41.2 Å². The van der Waals surface area contributed by atoms with Gasteiger partial charge in [-0.25, -0.2) is 0 Å². The monoisotopic (exact) mass is 155 g/mol. The van der Waals surface area contributed by atoms with Gasteiger partial charge in [0.2, 0.25) is 0 Å². The van der Waals surface area contributed by atoms with Gasteiger partial charge in [-0.05, 0) is 6.42 Å². The second-order valence-electron chi connectivity index (χ2n) is 1.74. The van der Waals surface area contributed by atoms with Crippen LogP contribution in [0.2, 0.25) is 0 Å². The number of nitriles is 1. The SMILES string of the molecule is CCCCC(Cl)C#N.[NaH]. The van der Waals surface area contributed by atoms with Gasteiger partial charge in [0.05, 0.1) is 6.07 Å². The Bertz CT molecular complexity index is 89.5. The van der Waals surface area contributed by atoms with E-state index in [0.717, 1.165) is 19.3 Å². The second kappa shape index (κ2) is 8.78. The van der Waals surface area contributed by atoms with Gasteiger partial charge >= 0.3 is 29.6 Å². The van der Waals surface area contributed by atoms with Crippen molar-refractivity contribution in [1.82, 2.24) is 0 Å². The van der Waals surface area contributed by atoms with E-state index in [1.165, 1.54) is 0 Å². The molecule has 0 N–H and O–H groups in total. The van der Waals surface area contributed by atoms with E-state index in [1.54, 1.807) is 0 Å². The molecule has 0 rings (SSSR count). The Balaban J connectivity index is 0. The summed E-state index contributed by atoms with van der Waals surface area (Å²) >= 11 is 5.48. The Labute approximate surface area is 83.7 Å². The third-order valence-electron chi connectivity index (χ3n) is 0.951. The molecule has 0 saturated carbocycles. The van der Waals surface area contributed by atoms with E-state index in [4.69, 9.17) is 16.9 Å². The number of nitrogens with zero attached hydrogens (tertiary/aromatic N) is 1. The summed E-state index contributed by atoms with van der Waals surface area (Å²) in [6, 6.07) is 1.97. The van der Waals surface area contributed by atoms with Gasteiger partial charge in [-0.15, -0.1) is 11.6 Å². The third-order valence-corrected chi connectivity index (χ3v) is 1.27. The average Bonchev–Trinajstić information content (AvgIpc) is 1.83. The molecule has 0 radical (unpaired) electrons. The first-order valence-corrected chi connectivity index (χ1v) is 3.28. The van der Waals surface area contributed by atoms with Gasteiger partial charge in [0, 0.05) is 0 Å². The molecule has 0 aliphatic heterocycles. The number of unbranched alkanes of at least 4 members (excludes halogenated alkanes) is 1. The predicted molar refractivity (Wildman–Crippen MR) is 41.9 cm³/mol. The van der Waals surface area contributed by atoms with Crippen LogP contribution in [0.15, 0.2) is 0 Å². The molecule has 0 heterocycles. The third kappa shape index (κ3) is 8.78. The summed E-state index contributed by atoms with van der Waals surface area (Å²) in [6.45, 7) is 2.08. The Hall–Kier alpha value is 0.780. The van der Waals surface area contributed by atoms with Crippen molar-refractivity contribution < 1.29 is 0 Å². The van der Waals surface area contributed by atoms with Gasteiger partial charge in [0.1, 0.15) is 5.38 Å². The molecule has 1 nitrogen and oxygen atoms in total. The van der Waals surface area contributed by atoms with Crippen LogP contribution in [0.4, 0.5) is 0 Å². The first-order chi connectivity index (χ1) is 3.81. The Morgan fingerprint density at radius 2 is 2.22 bits per heavy atom. The molecule has 0 bridgehead atoms. The molecule has 0 amide bonds. The Morgan fingerprint density at radius 1 is 1.67 bits per heavy atom. The number of hydrogen-bond donors (Lipinski definition) is 0. The van der Waals surface area contributed by atoms with Crippen LogP contribution in [-0.4, -0.2) is 34.9 Å². The number of hydrogen-bond acceptors (Lipinski definition) is 1. The van der Waals surface area contributed by atoms with Crippen molar-refractivity contribution in [2.75, 3.05) is 0 Å². The molecule has 0 aromatic rings. The van der Waals surface area contributed by atoms with E-state index in [1.807, 2.05) is 6.07 Å². The molecule has 0 fully saturated rings. The molecule has 0 spiro atoms. The van der Waals surface area contributed by atoms with Crippen molar-refractivity contribution in [1.29, 1.82) is 5.26 Å². The summed E-state index contributed by atoms with van der Waals surface area (Å²) in [5.74, 6) is 0. The van der Waals surface area contributed by atoms with Crippen LogP contribution in [0.25, 0.3) is 0 Å². The zero-order valence-corrected chi connectivity index (χ0v) is 5.78. The van der Waals surface area contributed by atoms with E-state index in [-0.39, 0.29) is 34.9 Å². The Morgan fingerprint density at radius 3 is 2.56 bits per heavy atom. The molecular weight excluding hydrogens is 145 g/mol. The number of rotatable bonds is 3. The quantitative estimate of drug-likeness (QED) is 0.449. The summed E-state index contributed by atoms with van der Waals surface area (Å²) in [6.07, 6.45) is 3.00. The minimum atomic E-state index is -0.269. The molecule has 0 aromatic heterocycles. The molecule has 9 heavy (non-hydrogen) atoms. The van der Waals surface area contributed by atoms with Gasteiger partial charge in [0.25, 0.3) is 0 Å². The van der Waals surface area contributed by atoms with Crippen LogP contribution in [-0.2, 0) is 0 Å². The van der Waals surface area contributed by atoms with Gasteiger partial charge < -0.3 is 0 Å². The first-order valence-electron chi connectivity index (χ1n) is 2.85. The minimum absolute atomic E-state index is 0. The van der Waals surface area contributed by atoms with E-state index >= 15 is 0 Å².